The van der Waals surface area contributed by atoms with Crippen molar-refractivity contribution in [1.29, 1.82) is 0 Å². The van der Waals surface area contributed by atoms with Crippen LogP contribution in [0.3, 0.4) is 0 Å². The molecule has 10 heavy (non-hydrogen) atoms. The Bertz CT molecular complexity index is 70.6. The van der Waals surface area contributed by atoms with Crippen molar-refractivity contribution < 1.29 is 3.48 Å². The third-order valence-corrected chi connectivity index (χ3v) is 6.92. The first-order chi connectivity index (χ1) is 4.85. The summed E-state index contributed by atoms with van der Waals surface area (Å²) < 4.78 is 5.77. The number of rotatable bonds is 6. The van der Waals surface area contributed by atoms with Gasteiger partial charge < -0.3 is 3.48 Å². The Labute approximate surface area is 71.8 Å². The molecule has 0 heterocycles. The smallest absolute Gasteiger partial charge is 0.449 e. The molecule has 0 radical (unpaired) electrons. The Morgan fingerprint density at radius 3 is 2.50 bits per heavy atom. The fraction of sp³-hybridized carbons (Fsp3) is 1.00. The molecule has 0 atom stereocenters. The van der Waals surface area contributed by atoms with E-state index >= 15 is 0 Å². The summed E-state index contributed by atoms with van der Waals surface area (Å²) in [6, 6.07) is 0. The summed E-state index contributed by atoms with van der Waals surface area (Å²) in [6.45, 7) is 6.77. The molecule has 0 aliphatic carbocycles. The van der Waals surface area contributed by atoms with Gasteiger partial charge >= 0.3 is 14.5 Å². The van der Waals surface area contributed by atoms with Crippen LogP contribution in [0.15, 0.2) is 0 Å². The number of hydrogen-bond donors (Lipinski definition) is 0. The van der Waals surface area contributed by atoms with E-state index in [1.165, 1.54) is 23.4 Å². The van der Waals surface area contributed by atoms with Crippen LogP contribution in [-0.4, -0.2) is 24.2 Å². The van der Waals surface area contributed by atoms with Crippen molar-refractivity contribution in [1.82, 2.24) is 0 Å². The fourth-order valence-electron chi connectivity index (χ4n) is 1.07. The van der Waals surface area contributed by atoms with Crippen molar-refractivity contribution in [3.63, 3.8) is 0 Å². The standard InChI is InChI=1S/C4H9.C2H5.CH5OSi.Al/c1-3-4-2;1-2;1-3-2;/h1,3-4H2,2H3;1H2,2H3;3H2,1H3;/q;;-1;+1. The topological polar surface area (TPSA) is 9.23 Å². The molecule has 0 rings (SSSR count). The second-order valence-corrected chi connectivity index (χ2v) is 7.18. The van der Waals surface area contributed by atoms with Gasteiger partial charge in [0.2, 0.25) is 0 Å². The normalized spacial score (nSPS) is 11.1. The summed E-state index contributed by atoms with van der Waals surface area (Å²) in [5.74, 6) is 0. The summed E-state index contributed by atoms with van der Waals surface area (Å²) in [4.78, 5) is 0. The minimum Gasteiger partial charge on any atom is -0.550 e. The average Bonchev–Trinajstić information content (AvgIpc) is 1.98. The van der Waals surface area contributed by atoms with E-state index in [1.54, 1.807) is 0 Å². The zero-order chi connectivity index (χ0) is 7.82. The largest absolute Gasteiger partial charge is 0.550 e. The van der Waals surface area contributed by atoms with Crippen LogP contribution in [0.1, 0.15) is 26.7 Å². The molecule has 0 amide bonds. The summed E-state index contributed by atoms with van der Waals surface area (Å²) in [5.41, 5.74) is 0. The summed E-state index contributed by atoms with van der Waals surface area (Å²) in [6.07, 6.45) is 2.72. The van der Waals surface area contributed by atoms with E-state index in [0.717, 1.165) is 0 Å². The fourth-order valence-corrected chi connectivity index (χ4v) is 5.84. The first-order valence-corrected chi connectivity index (χ1v) is 8.56. The van der Waals surface area contributed by atoms with Gasteiger partial charge in [0.15, 0.2) is 0 Å². The second kappa shape index (κ2) is 7.81. The molecule has 0 N–H and O–H groups in total. The minimum absolute atomic E-state index is 0.111. The van der Waals surface area contributed by atoms with Gasteiger partial charge in [-0.1, -0.05) is 43.8 Å². The van der Waals surface area contributed by atoms with Crippen molar-refractivity contribution in [2.45, 2.75) is 43.8 Å². The highest BCUT2D eigenvalue weighted by Crippen LogP contribution is 2.05. The first kappa shape index (κ1) is 10.7. The first-order valence-electron chi connectivity index (χ1n) is 4.46. The molecule has 0 unspecified atom stereocenters. The molecule has 0 aromatic heterocycles. The molecule has 1 nitrogen and oxygen atoms in total. The molecule has 0 fully saturated rings. The van der Waals surface area contributed by atoms with Crippen molar-refractivity contribution >= 4 is 24.2 Å². The lowest BCUT2D eigenvalue weighted by atomic mass is 10.4. The predicted molar refractivity (Wildman–Crippen MR) is 51.4 cm³/mol. The Kier molecular flexibility index (Phi) is 8.37. The molecule has 0 aromatic rings. The van der Waals surface area contributed by atoms with Crippen LogP contribution in [0, 0.1) is 0 Å². The van der Waals surface area contributed by atoms with E-state index in [-0.39, 0.29) is 9.76 Å². The highest BCUT2D eigenvalue weighted by molar-refractivity contribution is 6.58. The van der Waals surface area contributed by atoms with Crippen molar-refractivity contribution in [3.8, 4) is 0 Å². The van der Waals surface area contributed by atoms with Crippen LogP contribution in [0.25, 0.3) is 0 Å². The zero-order valence-corrected chi connectivity index (χ0v) is 10.1. The molecular weight excluding hydrogens is 155 g/mol. The Morgan fingerprint density at radius 1 is 1.40 bits per heavy atom. The highest BCUT2D eigenvalue weighted by Gasteiger charge is 2.14. The molecule has 3 heteroatoms. The zero-order valence-electron chi connectivity index (χ0n) is 7.52. The van der Waals surface area contributed by atoms with E-state index in [4.69, 9.17) is 3.48 Å². The summed E-state index contributed by atoms with van der Waals surface area (Å²) in [5, 5.41) is 2.74. The third-order valence-electron chi connectivity index (χ3n) is 1.74. The number of unbranched alkanes of at least 4 members (excludes halogenated alkanes) is 1. The van der Waals surface area contributed by atoms with Gasteiger partial charge in [-0.05, 0) is 0 Å². The maximum atomic E-state index is 5.77. The monoisotopic (exact) mass is 174 g/mol. The lowest BCUT2D eigenvalue weighted by Crippen LogP contribution is -2.17. The molecule has 0 spiro atoms. The van der Waals surface area contributed by atoms with Crippen LogP contribution in [0.2, 0.25) is 17.1 Å². The van der Waals surface area contributed by atoms with E-state index in [9.17, 15) is 0 Å². The van der Waals surface area contributed by atoms with Gasteiger partial charge in [-0.2, -0.15) is 0 Å². The number of hydrogen-bond acceptors (Lipinski definition) is 1. The van der Waals surface area contributed by atoms with Crippen molar-refractivity contribution in [2.75, 3.05) is 0 Å². The minimum atomic E-state index is -0.669. The lowest BCUT2D eigenvalue weighted by molar-refractivity contribution is 0.602. The van der Waals surface area contributed by atoms with Crippen LogP contribution >= 0.6 is 0 Å². The lowest BCUT2D eigenvalue weighted by Gasteiger charge is -2.07. The Morgan fingerprint density at radius 2 is 2.10 bits per heavy atom. The maximum Gasteiger partial charge on any atom is 0.449 e. The van der Waals surface area contributed by atoms with E-state index in [2.05, 4.69) is 20.4 Å². The van der Waals surface area contributed by atoms with E-state index in [1.807, 2.05) is 0 Å². The van der Waals surface area contributed by atoms with Crippen molar-refractivity contribution in [2.24, 2.45) is 0 Å². The Hall–Kier alpha value is 0.709. The molecular formula is C7H19AlOSi. The van der Waals surface area contributed by atoms with Gasteiger partial charge in [0.05, 0.1) is 0 Å². The van der Waals surface area contributed by atoms with Crippen LogP contribution in [0.5, 0.6) is 0 Å². The average molecular weight is 174 g/mol. The van der Waals surface area contributed by atoms with Gasteiger partial charge in [0, 0.05) is 0 Å². The molecule has 0 aliphatic heterocycles. The van der Waals surface area contributed by atoms with Gasteiger partial charge in [-0.3, -0.25) is 0 Å². The maximum absolute atomic E-state index is 5.77. The molecule has 60 valence electrons. The summed E-state index contributed by atoms with van der Waals surface area (Å²) in [7, 11) is -0.111. The van der Waals surface area contributed by atoms with Gasteiger partial charge in [0.25, 0.3) is 0 Å². The highest BCUT2D eigenvalue weighted by atomic mass is 28.2. The van der Waals surface area contributed by atoms with E-state index < -0.39 is 14.5 Å². The van der Waals surface area contributed by atoms with Gasteiger partial charge in [-0.25, -0.2) is 0 Å². The Balaban J connectivity index is 3.21. The molecule has 0 aromatic carbocycles. The van der Waals surface area contributed by atoms with Crippen LogP contribution in [-0.2, 0) is 3.48 Å². The van der Waals surface area contributed by atoms with Gasteiger partial charge in [-0.15, -0.1) is 0 Å². The molecule has 0 bridgehead atoms. The molecule has 0 aliphatic rings. The summed E-state index contributed by atoms with van der Waals surface area (Å²) >= 11 is -0.669. The van der Waals surface area contributed by atoms with Crippen molar-refractivity contribution in [3.05, 3.63) is 0 Å². The van der Waals surface area contributed by atoms with Gasteiger partial charge in [0.1, 0.15) is 9.76 Å². The molecule has 0 saturated heterocycles. The quantitative estimate of drug-likeness (QED) is 0.559. The van der Waals surface area contributed by atoms with E-state index in [0.29, 0.717) is 0 Å². The van der Waals surface area contributed by atoms with Crippen LogP contribution < -0.4 is 0 Å². The SMILES string of the molecule is CCC[CH2][Al]([CH2]C)[O][SiH2]C. The third kappa shape index (κ3) is 5.49. The predicted octanol–water partition coefficient (Wildman–Crippen LogP) is 1.95. The van der Waals surface area contributed by atoms with Crippen LogP contribution in [0.4, 0.5) is 0 Å². The second-order valence-electron chi connectivity index (χ2n) is 2.63. The molecule has 0 saturated carbocycles.